The summed E-state index contributed by atoms with van der Waals surface area (Å²) >= 11 is 3.76. The molecule has 0 saturated heterocycles. The summed E-state index contributed by atoms with van der Waals surface area (Å²) in [4.78, 5) is 0.440. The predicted octanol–water partition coefficient (Wildman–Crippen LogP) is 4.13. The molecule has 1 rings (SSSR count). The number of halogens is 1. The van der Waals surface area contributed by atoms with Gasteiger partial charge in [0.25, 0.3) is 0 Å². The zero-order valence-corrected chi connectivity index (χ0v) is 14.0. The van der Waals surface area contributed by atoms with E-state index in [-0.39, 0.29) is 0 Å². The maximum absolute atomic E-state index is 5.79. The maximum Gasteiger partial charge on any atom is 0.170 e. The second kappa shape index (κ2) is 5.83. The van der Waals surface area contributed by atoms with E-state index in [4.69, 9.17) is 4.43 Å². The monoisotopic (exact) mass is 304 g/mol. The Morgan fingerprint density at radius 2 is 2.12 bits per heavy atom. The van der Waals surface area contributed by atoms with E-state index >= 15 is 0 Å². The molecule has 0 bridgehead atoms. The molecule has 1 aliphatic rings. The highest BCUT2D eigenvalue weighted by atomic mass is 79.9. The fraction of sp³-hybridized carbons (Fsp3) is 0.846. The van der Waals surface area contributed by atoms with Gasteiger partial charge in [0.2, 0.25) is 0 Å². The Kier molecular flexibility index (Phi) is 5.27. The Hall–Kier alpha value is 0.397. The Labute approximate surface area is 111 Å². The molecule has 0 spiro atoms. The van der Waals surface area contributed by atoms with Gasteiger partial charge < -0.3 is 4.43 Å². The van der Waals surface area contributed by atoms with Crippen molar-refractivity contribution in [1.29, 1.82) is 0 Å². The summed E-state index contributed by atoms with van der Waals surface area (Å²) in [5, 5.41) is 0. The molecule has 2 unspecified atom stereocenters. The van der Waals surface area contributed by atoms with Gasteiger partial charge in [-0.25, -0.2) is 0 Å². The van der Waals surface area contributed by atoms with Crippen LogP contribution in [0.5, 0.6) is 0 Å². The van der Waals surface area contributed by atoms with Gasteiger partial charge in [0, 0.05) is 6.61 Å². The van der Waals surface area contributed by atoms with Crippen LogP contribution in [0.4, 0.5) is 0 Å². The van der Waals surface area contributed by atoms with Crippen molar-refractivity contribution in [2.75, 3.05) is 6.61 Å². The van der Waals surface area contributed by atoms with Crippen molar-refractivity contribution in [1.82, 2.24) is 0 Å². The van der Waals surface area contributed by atoms with E-state index in [0.29, 0.717) is 10.2 Å². The van der Waals surface area contributed by atoms with Crippen molar-refractivity contribution >= 4 is 25.0 Å². The van der Waals surface area contributed by atoms with Crippen LogP contribution in [0.3, 0.4) is 0 Å². The van der Waals surface area contributed by atoms with Gasteiger partial charge in [-0.05, 0) is 37.3 Å². The van der Waals surface area contributed by atoms with Gasteiger partial charge in [0.1, 0.15) is 0 Å². The summed E-state index contributed by atoms with van der Waals surface area (Å²) in [6.07, 6.45) is 4.89. The smallest absolute Gasteiger partial charge is 0.170 e. The summed E-state index contributed by atoms with van der Waals surface area (Å²) < 4.78 is 5.79. The lowest BCUT2D eigenvalue weighted by Crippen LogP contribution is -2.20. The van der Waals surface area contributed by atoms with Crippen molar-refractivity contribution in [3.63, 3.8) is 0 Å². The Morgan fingerprint density at radius 3 is 2.56 bits per heavy atom. The minimum atomic E-state index is -0.876. The fourth-order valence-electron chi connectivity index (χ4n) is 2.04. The average Bonchev–Trinajstić information content (AvgIpc) is 2.61. The van der Waals surface area contributed by atoms with Crippen LogP contribution in [-0.2, 0) is 4.43 Å². The molecule has 0 aromatic rings. The molecule has 0 aromatic carbocycles. The summed E-state index contributed by atoms with van der Waals surface area (Å²) in [5.41, 5.74) is 1.98. The molecule has 0 N–H and O–H groups in total. The third-order valence-electron chi connectivity index (χ3n) is 3.35. The third-order valence-corrected chi connectivity index (χ3v) is 5.06. The van der Waals surface area contributed by atoms with Crippen molar-refractivity contribution in [2.45, 2.75) is 51.5 Å². The Balaban J connectivity index is 2.40. The second-order valence-electron chi connectivity index (χ2n) is 6.13. The summed E-state index contributed by atoms with van der Waals surface area (Å²) in [6.45, 7) is 12.3. The van der Waals surface area contributed by atoms with Gasteiger partial charge in [-0.2, -0.15) is 0 Å². The standard InChI is InChI=1S/C13H25BrOSi/c1-13(2,3)11-7-6-10(8-11)12(14)9-15-16(4)5/h6,11-12,16H,7-9H2,1-5H3. The zero-order chi connectivity index (χ0) is 12.3. The van der Waals surface area contributed by atoms with Crippen LogP contribution >= 0.6 is 15.9 Å². The lowest BCUT2D eigenvalue weighted by Gasteiger charge is -2.27. The SMILES string of the molecule is C[SiH](C)OCC(Br)C1=CCC(C(C)(C)C)C1. The molecule has 0 amide bonds. The molecular weight excluding hydrogens is 280 g/mol. The largest absolute Gasteiger partial charge is 0.419 e. The summed E-state index contributed by atoms with van der Waals surface area (Å²) in [7, 11) is -0.876. The van der Waals surface area contributed by atoms with E-state index in [0.717, 1.165) is 12.5 Å². The molecule has 94 valence electrons. The van der Waals surface area contributed by atoms with E-state index < -0.39 is 9.04 Å². The van der Waals surface area contributed by atoms with E-state index in [2.05, 4.69) is 55.9 Å². The van der Waals surface area contributed by atoms with Crippen LogP contribution < -0.4 is 0 Å². The quantitative estimate of drug-likeness (QED) is 0.431. The molecular formula is C13H25BrOSi. The van der Waals surface area contributed by atoms with Crippen LogP contribution in [0, 0.1) is 11.3 Å². The number of hydrogen-bond donors (Lipinski definition) is 0. The van der Waals surface area contributed by atoms with Crippen LogP contribution in [0.25, 0.3) is 0 Å². The van der Waals surface area contributed by atoms with Crippen LogP contribution in [0.1, 0.15) is 33.6 Å². The highest BCUT2D eigenvalue weighted by Gasteiger charge is 2.30. The van der Waals surface area contributed by atoms with Crippen molar-refractivity contribution in [2.24, 2.45) is 11.3 Å². The van der Waals surface area contributed by atoms with Gasteiger partial charge in [-0.1, -0.05) is 48.4 Å². The maximum atomic E-state index is 5.79. The number of allylic oxidation sites excluding steroid dienone is 1. The molecule has 1 nitrogen and oxygen atoms in total. The van der Waals surface area contributed by atoms with Crippen molar-refractivity contribution in [3.05, 3.63) is 11.6 Å². The molecule has 0 radical (unpaired) electrons. The average molecular weight is 305 g/mol. The van der Waals surface area contributed by atoms with Crippen LogP contribution in [0.2, 0.25) is 13.1 Å². The molecule has 16 heavy (non-hydrogen) atoms. The van der Waals surface area contributed by atoms with Gasteiger partial charge in [-0.3, -0.25) is 0 Å². The normalized spacial score (nSPS) is 23.7. The molecule has 1 aliphatic carbocycles. The van der Waals surface area contributed by atoms with Crippen molar-refractivity contribution in [3.8, 4) is 0 Å². The molecule has 0 saturated carbocycles. The third kappa shape index (κ3) is 4.34. The first-order chi connectivity index (χ1) is 7.30. The molecule has 0 aliphatic heterocycles. The van der Waals surface area contributed by atoms with E-state index in [1.54, 1.807) is 5.57 Å². The van der Waals surface area contributed by atoms with E-state index in [1.165, 1.54) is 12.8 Å². The summed E-state index contributed by atoms with van der Waals surface area (Å²) in [6, 6.07) is 0. The molecule has 0 fully saturated rings. The van der Waals surface area contributed by atoms with Crippen LogP contribution in [0.15, 0.2) is 11.6 Å². The first-order valence-electron chi connectivity index (χ1n) is 6.25. The fourth-order valence-corrected chi connectivity index (χ4v) is 3.43. The van der Waals surface area contributed by atoms with E-state index in [1.807, 2.05) is 0 Å². The predicted molar refractivity (Wildman–Crippen MR) is 77.8 cm³/mol. The lowest BCUT2D eigenvalue weighted by molar-refractivity contribution is 0.249. The molecule has 0 heterocycles. The first-order valence-corrected chi connectivity index (χ1v) is 9.95. The van der Waals surface area contributed by atoms with Gasteiger partial charge in [0.05, 0.1) is 4.83 Å². The highest BCUT2D eigenvalue weighted by molar-refractivity contribution is 9.09. The topological polar surface area (TPSA) is 9.23 Å². The summed E-state index contributed by atoms with van der Waals surface area (Å²) in [5.74, 6) is 0.804. The number of hydrogen-bond acceptors (Lipinski definition) is 1. The van der Waals surface area contributed by atoms with Gasteiger partial charge in [-0.15, -0.1) is 0 Å². The molecule has 3 heteroatoms. The van der Waals surface area contributed by atoms with Crippen LogP contribution in [-0.4, -0.2) is 20.5 Å². The minimum absolute atomic E-state index is 0.429. The molecule has 2 atom stereocenters. The van der Waals surface area contributed by atoms with E-state index in [9.17, 15) is 0 Å². The molecule has 0 aromatic heterocycles. The highest BCUT2D eigenvalue weighted by Crippen LogP contribution is 2.40. The lowest BCUT2D eigenvalue weighted by atomic mass is 9.79. The second-order valence-corrected chi connectivity index (χ2v) is 9.67. The zero-order valence-electron chi connectivity index (χ0n) is 11.2. The number of alkyl halides is 1. The minimum Gasteiger partial charge on any atom is -0.419 e. The first kappa shape index (κ1) is 14.5. The number of rotatable bonds is 4. The van der Waals surface area contributed by atoms with Crippen molar-refractivity contribution < 1.29 is 4.43 Å². The van der Waals surface area contributed by atoms with Gasteiger partial charge >= 0.3 is 0 Å². The van der Waals surface area contributed by atoms with Gasteiger partial charge in [0.15, 0.2) is 9.04 Å². The Bertz CT molecular complexity index is 255. The Morgan fingerprint density at radius 1 is 1.50 bits per heavy atom.